The van der Waals surface area contributed by atoms with E-state index >= 15 is 0 Å². The molecule has 112 valence electrons. The van der Waals surface area contributed by atoms with E-state index in [0.29, 0.717) is 6.04 Å². The first-order valence-corrected chi connectivity index (χ1v) is 8.14. The zero-order chi connectivity index (χ0) is 14.8. The molecule has 0 saturated heterocycles. The second-order valence-electron chi connectivity index (χ2n) is 5.77. The molecule has 2 aromatic rings. The summed E-state index contributed by atoms with van der Waals surface area (Å²) in [7, 11) is 0. The van der Waals surface area contributed by atoms with Gasteiger partial charge < -0.3 is 15.4 Å². The number of aliphatic carboxylic acids is 1. The van der Waals surface area contributed by atoms with E-state index in [1.807, 2.05) is 12.3 Å². The van der Waals surface area contributed by atoms with Crippen LogP contribution in [0.1, 0.15) is 31.2 Å². The highest BCUT2D eigenvalue weighted by Crippen LogP contribution is 2.26. The van der Waals surface area contributed by atoms with Crippen LogP contribution in [0.3, 0.4) is 0 Å². The third-order valence-corrected chi connectivity index (χ3v) is 4.88. The van der Waals surface area contributed by atoms with Gasteiger partial charge in [0.15, 0.2) is 0 Å². The number of halogens is 1. The largest absolute Gasteiger partial charge is 0.481 e. The average Bonchev–Trinajstić information content (AvgIpc) is 2.88. The van der Waals surface area contributed by atoms with Crippen molar-refractivity contribution in [3.8, 4) is 0 Å². The fourth-order valence-electron chi connectivity index (χ4n) is 3.10. The minimum Gasteiger partial charge on any atom is -0.481 e. The molecule has 4 nitrogen and oxygen atoms in total. The maximum absolute atomic E-state index is 11.0. The van der Waals surface area contributed by atoms with Crippen LogP contribution in [0.2, 0.25) is 0 Å². The molecule has 1 aromatic heterocycles. The Balaban J connectivity index is 1.60. The molecule has 0 spiro atoms. The van der Waals surface area contributed by atoms with E-state index in [2.05, 4.69) is 38.4 Å². The number of aromatic nitrogens is 1. The van der Waals surface area contributed by atoms with Crippen LogP contribution in [0.25, 0.3) is 10.9 Å². The molecule has 0 aliphatic heterocycles. The molecule has 1 fully saturated rings. The first kappa shape index (κ1) is 14.6. The van der Waals surface area contributed by atoms with E-state index in [9.17, 15) is 4.79 Å². The number of aromatic amines is 1. The van der Waals surface area contributed by atoms with Crippen LogP contribution in [-0.2, 0) is 11.3 Å². The Morgan fingerprint density at radius 2 is 2.10 bits per heavy atom. The van der Waals surface area contributed by atoms with Gasteiger partial charge in [-0.05, 0) is 49.4 Å². The number of carboxylic acids is 1. The predicted molar refractivity (Wildman–Crippen MR) is 86.2 cm³/mol. The summed E-state index contributed by atoms with van der Waals surface area (Å²) in [6.07, 6.45) is 5.51. The Kier molecular flexibility index (Phi) is 4.31. The molecule has 3 rings (SSSR count). The summed E-state index contributed by atoms with van der Waals surface area (Å²) >= 11 is 3.51. The molecule has 1 aromatic carbocycles. The number of H-pyrrole nitrogens is 1. The predicted octanol–water partition coefficient (Wildman–Crippen LogP) is 3.66. The fourth-order valence-corrected chi connectivity index (χ4v) is 3.46. The van der Waals surface area contributed by atoms with E-state index in [-0.39, 0.29) is 5.92 Å². The van der Waals surface area contributed by atoms with Gasteiger partial charge in [0, 0.05) is 34.2 Å². The van der Waals surface area contributed by atoms with Crippen molar-refractivity contribution in [2.75, 3.05) is 0 Å². The molecule has 1 heterocycles. The van der Waals surface area contributed by atoms with Crippen molar-refractivity contribution in [1.82, 2.24) is 10.3 Å². The lowest BCUT2D eigenvalue weighted by atomic mass is 9.86. The summed E-state index contributed by atoms with van der Waals surface area (Å²) in [5.74, 6) is -0.790. The van der Waals surface area contributed by atoms with Gasteiger partial charge >= 0.3 is 5.97 Å². The molecule has 0 radical (unpaired) electrons. The molecule has 0 unspecified atom stereocenters. The minimum atomic E-state index is -0.644. The lowest BCUT2D eigenvalue weighted by molar-refractivity contribution is -0.142. The molecule has 21 heavy (non-hydrogen) atoms. The van der Waals surface area contributed by atoms with Crippen LogP contribution in [0, 0.1) is 5.92 Å². The highest BCUT2D eigenvalue weighted by atomic mass is 79.9. The average molecular weight is 351 g/mol. The van der Waals surface area contributed by atoms with Crippen LogP contribution >= 0.6 is 15.9 Å². The number of rotatable bonds is 4. The van der Waals surface area contributed by atoms with Crippen molar-refractivity contribution in [2.45, 2.75) is 38.3 Å². The summed E-state index contributed by atoms with van der Waals surface area (Å²) in [4.78, 5) is 14.2. The lowest BCUT2D eigenvalue weighted by Gasteiger charge is -2.26. The first-order chi connectivity index (χ1) is 10.1. The number of fused-ring (bicyclic) bond motifs is 1. The van der Waals surface area contributed by atoms with E-state index in [1.165, 1.54) is 10.9 Å². The van der Waals surface area contributed by atoms with Crippen LogP contribution in [0.4, 0.5) is 0 Å². The van der Waals surface area contributed by atoms with Crippen LogP contribution in [0.15, 0.2) is 28.9 Å². The Bertz CT molecular complexity index is 645. The monoisotopic (exact) mass is 350 g/mol. The highest BCUT2D eigenvalue weighted by Gasteiger charge is 2.25. The molecule has 1 aliphatic rings. The molecule has 5 heteroatoms. The Hall–Kier alpha value is -1.33. The van der Waals surface area contributed by atoms with Gasteiger partial charge in [0.2, 0.25) is 0 Å². The first-order valence-electron chi connectivity index (χ1n) is 7.35. The van der Waals surface area contributed by atoms with E-state index in [1.54, 1.807) is 0 Å². The third kappa shape index (κ3) is 3.30. The second-order valence-corrected chi connectivity index (χ2v) is 6.69. The smallest absolute Gasteiger partial charge is 0.306 e. The topological polar surface area (TPSA) is 65.1 Å². The zero-order valence-electron chi connectivity index (χ0n) is 11.7. The molecule has 1 saturated carbocycles. The maximum Gasteiger partial charge on any atom is 0.306 e. The van der Waals surface area contributed by atoms with Crippen molar-refractivity contribution in [3.63, 3.8) is 0 Å². The maximum atomic E-state index is 11.0. The van der Waals surface area contributed by atoms with Gasteiger partial charge in [0.05, 0.1) is 5.92 Å². The number of benzene rings is 1. The number of nitrogens with one attached hydrogen (secondary N) is 2. The summed E-state index contributed by atoms with van der Waals surface area (Å²) < 4.78 is 1.08. The standard InChI is InChI=1S/C16H19BrN2O2/c17-12-3-6-15-14(7-12)11(9-19-15)8-18-13-4-1-10(2-5-13)16(20)21/h3,6-7,9-10,13,18-19H,1-2,4-5,8H2,(H,20,21). The second kappa shape index (κ2) is 6.20. The van der Waals surface area contributed by atoms with Gasteiger partial charge in [-0.25, -0.2) is 0 Å². The molecular weight excluding hydrogens is 332 g/mol. The summed E-state index contributed by atoms with van der Waals surface area (Å²) in [6.45, 7) is 0.818. The summed E-state index contributed by atoms with van der Waals surface area (Å²) in [5.41, 5.74) is 2.40. The molecule has 0 amide bonds. The number of hydrogen-bond donors (Lipinski definition) is 3. The summed E-state index contributed by atoms with van der Waals surface area (Å²) in [6, 6.07) is 6.66. The number of carbonyl (C=O) groups is 1. The van der Waals surface area contributed by atoms with Crippen LogP contribution < -0.4 is 5.32 Å². The SMILES string of the molecule is O=C(O)C1CCC(NCc2c[nH]c3ccc(Br)cc23)CC1. The Labute approximate surface area is 132 Å². The summed E-state index contributed by atoms with van der Waals surface area (Å²) in [5, 5.41) is 13.8. The molecule has 0 bridgehead atoms. The van der Waals surface area contributed by atoms with Gasteiger partial charge in [0.25, 0.3) is 0 Å². The normalized spacial score (nSPS) is 22.5. The van der Waals surface area contributed by atoms with Crippen molar-refractivity contribution >= 4 is 32.8 Å². The van der Waals surface area contributed by atoms with Crippen molar-refractivity contribution < 1.29 is 9.90 Å². The quantitative estimate of drug-likeness (QED) is 0.788. The highest BCUT2D eigenvalue weighted by molar-refractivity contribution is 9.10. The van der Waals surface area contributed by atoms with Gasteiger partial charge in [-0.15, -0.1) is 0 Å². The zero-order valence-corrected chi connectivity index (χ0v) is 13.3. The van der Waals surface area contributed by atoms with Gasteiger partial charge in [-0.1, -0.05) is 15.9 Å². The lowest BCUT2D eigenvalue weighted by Crippen LogP contribution is -2.34. The van der Waals surface area contributed by atoms with E-state index < -0.39 is 5.97 Å². The molecule has 1 aliphatic carbocycles. The fraction of sp³-hybridized carbons (Fsp3) is 0.438. The van der Waals surface area contributed by atoms with Crippen LogP contribution in [-0.4, -0.2) is 22.1 Å². The molecule has 3 N–H and O–H groups in total. The van der Waals surface area contributed by atoms with E-state index in [4.69, 9.17) is 5.11 Å². The van der Waals surface area contributed by atoms with Gasteiger partial charge in [-0.2, -0.15) is 0 Å². The van der Waals surface area contributed by atoms with Crippen molar-refractivity contribution in [2.24, 2.45) is 5.92 Å². The van der Waals surface area contributed by atoms with Gasteiger partial charge in [0.1, 0.15) is 0 Å². The number of carboxylic acid groups (broad SMARTS) is 1. The number of hydrogen-bond acceptors (Lipinski definition) is 2. The van der Waals surface area contributed by atoms with E-state index in [0.717, 1.165) is 42.2 Å². The van der Waals surface area contributed by atoms with Gasteiger partial charge in [-0.3, -0.25) is 4.79 Å². The Morgan fingerprint density at radius 1 is 1.33 bits per heavy atom. The van der Waals surface area contributed by atoms with Crippen molar-refractivity contribution in [1.29, 1.82) is 0 Å². The molecule has 0 atom stereocenters. The molecular formula is C16H19BrN2O2. The third-order valence-electron chi connectivity index (χ3n) is 4.39. The van der Waals surface area contributed by atoms with Crippen LogP contribution in [0.5, 0.6) is 0 Å². The van der Waals surface area contributed by atoms with Crippen molar-refractivity contribution in [3.05, 3.63) is 34.4 Å². The Morgan fingerprint density at radius 3 is 2.81 bits per heavy atom. The minimum absolute atomic E-state index is 0.146.